The quantitative estimate of drug-likeness (QED) is 0.558. The molecule has 0 radical (unpaired) electrons. The van der Waals surface area contributed by atoms with E-state index in [4.69, 9.17) is 0 Å². The molecule has 1 saturated carbocycles. The van der Waals surface area contributed by atoms with Crippen LogP contribution >= 0.6 is 0 Å². The second-order valence-electron chi connectivity index (χ2n) is 8.73. The molecule has 2 aromatic heterocycles. The fourth-order valence-corrected chi connectivity index (χ4v) is 5.68. The summed E-state index contributed by atoms with van der Waals surface area (Å²) in [7, 11) is 0. The Hall–Kier alpha value is -2.16. The van der Waals surface area contributed by atoms with Crippen molar-refractivity contribution in [2.45, 2.75) is 58.3 Å². The third kappa shape index (κ3) is 1.62. The summed E-state index contributed by atoms with van der Waals surface area (Å²) in [6.45, 7) is 9.20. The molecule has 0 N–H and O–H groups in total. The lowest BCUT2D eigenvalue weighted by Gasteiger charge is -2.46. The molecule has 2 heterocycles. The zero-order valence-corrected chi connectivity index (χ0v) is 15.4. The summed E-state index contributed by atoms with van der Waals surface area (Å²) in [5.74, 6) is 0.324. The Labute approximate surface area is 147 Å². The van der Waals surface area contributed by atoms with Crippen molar-refractivity contribution in [2.75, 3.05) is 0 Å². The maximum absolute atomic E-state index is 13.1. The maximum Gasteiger partial charge on any atom is 0.277 e. The molecule has 2 atom stereocenters. The Balaban J connectivity index is 2.04. The minimum absolute atomic E-state index is 0.00675. The summed E-state index contributed by atoms with van der Waals surface area (Å²) in [5.41, 5.74) is 4.36. The molecule has 2 unspecified atom stereocenters. The average molecular weight is 332 g/mol. The van der Waals surface area contributed by atoms with E-state index in [2.05, 4.69) is 61.5 Å². The van der Waals surface area contributed by atoms with Crippen LogP contribution in [0.4, 0.5) is 0 Å². The van der Waals surface area contributed by atoms with Gasteiger partial charge >= 0.3 is 0 Å². The van der Waals surface area contributed by atoms with Crippen molar-refractivity contribution < 1.29 is 0 Å². The fraction of sp³-hybridized carbons (Fsp3) is 0.455. The van der Waals surface area contributed by atoms with Crippen LogP contribution in [0, 0.1) is 12.3 Å². The van der Waals surface area contributed by atoms with Crippen LogP contribution in [0.5, 0.6) is 0 Å². The number of fused-ring (bicyclic) bond motifs is 9. The molecule has 3 aromatic rings. The van der Waals surface area contributed by atoms with Gasteiger partial charge in [-0.1, -0.05) is 51.5 Å². The summed E-state index contributed by atoms with van der Waals surface area (Å²) in [6.07, 6.45) is 5.63. The van der Waals surface area contributed by atoms with E-state index >= 15 is 0 Å². The van der Waals surface area contributed by atoms with Gasteiger partial charge in [0.05, 0.1) is 0 Å². The summed E-state index contributed by atoms with van der Waals surface area (Å²) < 4.78 is 2.25. The number of hydrogen-bond acceptors (Lipinski definition) is 2. The standard InChI is InChI=1S/C22H24N2O/c1-13-12-24-18-17(16-10-7-11-22(18,4)21(16,2)3)20(25)23-19(24)15-9-6-5-8-14(13)15/h5-6,8-9,12,16H,7,10-11H2,1-4H3. The molecule has 2 bridgehead atoms. The van der Waals surface area contributed by atoms with Crippen molar-refractivity contribution >= 4 is 16.4 Å². The number of benzene rings is 1. The van der Waals surface area contributed by atoms with Gasteiger partial charge in [0.25, 0.3) is 5.56 Å². The Bertz CT molecular complexity index is 1110. The minimum Gasteiger partial charge on any atom is -0.304 e. The first-order valence-corrected chi connectivity index (χ1v) is 9.31. The van der Waals surface area contributed by atoms with Gasteiger partial charge in [-0.2, -0.15) is 4.98 Å². The number of nitrogens with zero attached hydrogens (tertiary/aromatic N) is 2. The Morgan fingerprint density at radius 3 is 2.64 bits per heavy atom. The van der Waals surface area contributed by atoms with Crippen molar-refractivity contribution in [3.8, 4) is 0 Å². The normalized spacial score (nSPS) is 27.0. The van der Waals surface area contributed by atoms with E-state index in [1.807, 2.05) is 6.07 Å². The molecule has 3 heteroatoms. The third-order valence-corrected chi connectivity index (χ3v) is 7.41. The number of rotatable bonds is 0. The van der Waals surface area contributed by atoms with Crippen LogP contribution in [-0.4, -0.2) is 9.38 Å². The molecule has 5 rings (SSSR count). The molecule has 128 valence electrons. The number of hydrogen-bond donors (Lipinski definition) is 0. The molecule has 0 spiro atoms. The van der Waals surface area contributed by atoms with Crippen LogP contribution in [0.25, 0.3) is 16.4 Å². The van der Waals surface area contributed by atoms with Crippen LogP contribution < -0.4 is 5.56 Å². The average Bonchev–Trinajstić information content (AvgIpc) is 2.69. The molecule has 1 fully saturated rings. The third-order valence-electron chi connectivity index (χ3n) is 7.41. The smallest absolute Gasteiger partial charge is 0.277 e. The molecule has 2 aliphatic rings. The van der Waals surface area contributed by atoms with Crippen molar-refractivity contribution in [1.29, 1.82) is 0 Å². The number of aromatic nitrogens is 2. The second-order valence-corrected chi connectivity index (χ2v) is 8.73. The first-order chi connectivity index (χ1) is 11.9. The van der Waals surface area contributed by atoms with Crippen molar-refractivity contribution in [1.82, 2.24) is 9.38 Å². The van der Waals surface area contributed by atoms with Crippen molar-refractivity contribution in [2.24, 2.45) is 5.41 Å². The van der Waals surface area contributed by atoms with Crippen molar-refractivity contribution in [3.63, 3.8) is 0 Å². The summed E-state index contributed by atoms with van der Waals surface area (Å²) in [6, 6.07) is 8.29. The van der Waals surface area contributed by atoms with Gasteiger partial charge in [0, 0.05) is 28.3 Å². The van der Waals surface area contributed by atoms with Gasteiger partial charge < -0.3 is 4.40 Å². The number of pyridine rings is 1. The number of aryl methyl sites for hydroxylation is 1. The molecule has 1 aromatic carbocycles. The zero-order chi connectivity index (χ0) is 17.6. The van der Waals surface area contributed by atoms with Crippen molar-refractivity contribution in [3.05, 3.63) is 57.6 Å². The Morgan fingerprint density at radius 2 is 1.88 bits per heavy atom. The van der Waals surface area contributed by atoms with E-state index in [-0.39, 0.29) is 16.4 Å². The lowest BCUT2D eigenvalue weighted by atomic mass is 9.58. The Morgan fingerprint density at radius 1 is 1.16 bits per heavy atom. The minimum atomic E-state index is -0.00675. The van der Waals surface area contributed by atoms with Gasteiger partial charge in [-0.3, -0.25) is 4.79 Å². The lowest BCUT2D eigenvalue weighted by Crippen LogP contribution is -2.41. The topological polar surface area (TPSA) is 34.4 Å². The summed E-state index contributed by atoms with van der Waals surface area (Å²) in [4.78, 5) is 17.7. The first-order valence-electron chi connectivity index (χ1n) is 9.31. The largest absolute Gasteiger partial charge is 0.304 e. The molecule has 25 heavy (non-hydrogen) atoms. The predicted molar refractivity (Wildman–Crippen MR) is 101 cm³/mol. The highest BCUT2D eigenvalue weighted by atomic mass is 16.1. The van der Waals surface area contributed by atoms with Gasteiger partial charge in [0.15, 0.2) is 0 Å². The van der Waals surface area contributed by atoms with E-state index in [0.717, 1.165) is 29.4 Å². The van der Waals surface area contributed by atoms with Crippen LogP contribution in [0.3, 0.4) is 0 Å². The molecule has 0 aliphatic heterocycles. The van der Waals surface area contributed by atoms with Gasteiger partial charge in [-0.05, 0) is 42.0 Å². The van der Waals surface area contributed by atoms with E-state index in [9.17, 15) is 4.79 Å². The van der Waals surface area contributed by atoms with Crippen LogP contribution in [0.1, 0.15) is 62.8 Å². The van der Waals surface area contributed by atoms with Crippen LogP contribution in [-0.2, 0) is 5.41 Å². The zero-order valence-electron chi connectivity index (χ0n) is 15.4. The highest BCUT2D eigenvalue weighted by molar-refractivity contribution is 5.96. The van der Waals surface area contributed by atoms with Gasteiger partial charge in [0.2, 0.25) is 0 Å². The molecular formula is C22H24N2O. The predicted octanol–water partition coefficient (Wildman–Crippen LogP) is 4.72. The second kappa shape index (κ2) is 4.51. The first kappa shape index (κ1) is 15.1. The van der Waals surface area contributed by atoms with E-state index < -0.39 is 0 Å². The molecule has 0 amide bonds. The highest BCUT2D eigenvalue weighted by Crippen LogP contribution is 2.64. The SMILES string of the molecule is Cc1cn2c3c(c(=O)nc2c2ccccc12)C1CCCC3(C)C1(C)C. The lowest BCUT2D eigenvalue weighted by molar-refractivity contribution is 0.105. The van der Waals surface area contributed by atoms with Crippen LogP contribution in [0.15, 0.2) is 35.3 Å². The molecule has 0 saturated heterocycles. The summed E-state index contributed by atoms with van der Waals surface area (Å²) >= 11 is 0. The summed E-state index contributed by atoms with van der Waals surface area (Å²) in [5, 5.41) is 2.25. The van der Waals surface area contributed by atoms with Gasteiger partial charge in [-0.25, -0.2) is 0 Å². The molecule has 3 nitrogen and oxygen atoms in total. The van der Waals surface area contributed by atoms with Gasteiger partial charge in [-0.15, -0.1) is 0 Å². The molecule has 2 aliphatic carbocycles. The van der Waals surface area contributed by atoms with E-state index in [1.165, 1.54) is 23.1 Å². The maximum atomic E-state index is 13.1. The highest BCUT2D eigenvalue weighted by Gasteiger charge is 2.59. The molecular weight excluding hydrogens is 308 g/mol. The monoisotopic (exact) mass is 332 g/mol. The van der Waals surface area contributed by atoms with Gasteiger partial charge in [0.1, 0.15) is 5.65 Å². The fourth-order valence-electron chi connectivity index (χ4n) is 5.68. The van der Waals surface area contributed by atoms with Crippen LogP contribution in [0.2, 0.25) is 0 Å². The van der Waals surface area contributed by atoms with E-state index in [1.54, 1.807) is 0 Å². The Kier molecular flexibility index (Phi) is 2.73. The van der Waals surface area contributed by atoms with E-state index in [0.29, 0.717) is 5.92 Å².